The van der Waals surface area contributed by atoms with Gasteiger partial charge in [0.15, 0.2) is 5.82 Å². The van der Waals surface area contributed by atoms with E-state index in [1.165, 1.54) is 5.69 Å². The third-order valence-corrected chi connectivity index (χ3v) is 5.10. The van der Waals surface area contributed by atoms with E-state index < -0.39 is 0 Å². The number of anilines is 3. The first kappa shape index (κ1) is 18.7. The quantitative estimate of drug-likeness (QED) is 0.725. The lowest BCUT2D eigenvalue weighted by molar-refractivity contribution is 0.122. The van der Waals surface area contributed by atoms with Crippen LogP contribution in [0.15, 0.2) is 24.3 Å². The average Bonchev–Trinajstić information content (AvgIpc) is 3.05. The van der Waals surface area contributed by atoms with Crippen LogP contribution in [0.1, 0.15) is 38.2 Å². The maximum Gasteiger partial charge on any atom is 0.160 e. The first-order valence-corrected chi connectivity index (χ1v) is 10.0. The molecule has 0 saturated carbocycles. The predicted octanol–water partition coefficient (Wildman–Crippen LogP) is 3.86. The molecule has 0 aliphatic carbocycles. The summed E-state index contributed by atoms with van der Waals surface area (Å²) in [5.74, 6) is 1.90. The zero-order valence-electron chi connectivity index (χ0n) is 17.1. The van der Waals surface area contributed by atoms with Crippen LogP contribution in [-0.4, -0.2) is 46.1 Å². The Bertz CT molecular complexity index is 957. The van der Waals surface area contributed by atoms with Gasteiger partial charge in [-0.15, -0.1) is 0 Å². The number of fused-ring (bicyclic) bond motifs is 1. The summed E-state index contributed by atoms with van der Waals surface area (Å²) in [7, 11) is 0. The Hall–Kier alpha value is -2.67. The largest absolute Gasteiger partial charge is 0.378 e. The molecule has 3 heterocycles. The maximum atomic E-state index is 5.44. The van der Waals surface area contributed by atoms with Crippen LogP contribution < -0.4 is 10.2 Å². The van der Waals surface area contributed by atoms with Gasteiger partial charge in [0, 0.05) is 36.9 Å². The summed E-state index contributed by atoms with van der Waals surface area (Å²) in [5.41, 5.74) is 5.05. The number of nitrogens with one attached hydrogen (secondary N) is 1. The van der Waals surface area contributed by atoms with E-state index in [0.29, 0.717) is 0 Å². The van der Waals surface area contributed by atoms with Crippen LogP contribution in [0.5, 0.6) is 0 Å². The van der Waals surface area contributed by atoms with Gasteiger partial charge in [-0.1, -0.05) is 13.8 Å². The normalized spacial score (nSPS) is 14.8. The van der Waals surface area contributed by atoms with E-state index >= 15 is 0 Å². The Morgan fingerprint density at radius 1 is 1.11 bits per heavy atom. The van der Waals surface area contributed by atoms with Gasteiger partial charge in [0.05, 0.1) is 18.9 Å². The molecule has 0 bridgehead atoms. The monoisotopic (exact) mass is 380 g/mol. The molecule has 3 aromatic rings. The number of hydrogen-bond acceptors (Lipinski definition) is 6. The van der Waals surface area contributed by atoms with Crippen molar-refractivity contribution in [2.45, 2.75) is 40.2 Å². The van der Waals surface area contributed by atoms with Gasteiger partial charge in [-0.05, 0) is 38.1 Å². The molecule has 4 rings (SSSR count). The van der Waals surface area contributed by atoms with E-state index in [1.807, 2.05) is 11.6 Å². The highest BCUT2D eigenvalue weighted by Gasteiger charge is 2.18. The standard InChI is InChI=1S/C21H28N6O/c1-5-27-19-18(15(4)25-27)23-20(14(2)3)24-21(19)22-16-6-8-17(9-7-16)26-10-12-28-13-11-26/h6-9,14H,5,10-13H2,1-4H3,(H,22,23,24). The predicted molar refractivity (Wildman–Crippen MR) is 113 cm³/mol. The second-order valence-corrected chi connectivity index (χ2v) is 7.45. The molecule has 7 nitrogen and oxygen atoms in total. The van der Waals surface area contributed by atoms with Crippen LogP contribution in [0.2, 0.25) is 0 Å². The van der Waals surface area contributed by atoms with Crippen LogP contribution >= 0.6 is 0 Å². The lowest BCUT2D eigenvalue weighted by Gasteiger charge is -2.28. The van der Waals surface area contributed by atoms with Crippen molar-refractivity contribution in [3.8, 4) is 0 Å². The van der Waals surface area contributed by atoms with Crippen molar-refractivity contribution in [3.63, 3.8) is 0 Å². The Morgan fingerprint density at radius 3 is 2.46 bits per heavy atom. The van der Waals surface area contributed by atoms with Gasteiger partial charge in [-0.2, -0.15) is 5.10 Å². The maximum absolute atomic E-state index is 5.44. The Morgan fingerprint density at radius 2 is 1.82 bits per heavy atom. The molecule has 1 aromatic carbocycles. The van der Waals surface area contributed by atoms with Crippen molar-refractivity contribution in [3.05, 3.63) is 35.8 Å². The summed E-state index contributed by atoms with van der Waals surface area (Å²) in [6.07, 6.45) is 0. The SMILES string of the molecule is CCn1nc(C)c2nc(C(C)C)nc(Nc3ccc(N4CCOCC4)cc3)c21. The average molecular weight is 380 g/mol. The molecule has 28 heavy (non-hydrogen) atoms. The van der Waals surface area contributed by atoms with Crippen molar-refractivity contribution < 1.29 is 4.74 Å². The van der Waals surface area contributed by atoms with E-state index in [4.69, 9.17) is 14.7 Å². The van der Waals surface area contributed by atoms with E-state index in [1.54, 1.807) is 0 Å². The van der Waals surface area contributed by atoms with Crippen LogP contribution in [0.3, 0.4) is 0 Å². The summed E-state index contributed by atoms with van der Waals surface area (Å²) in [6, 6.07) is 8.51. The summed E-state index contributed by atoms with van der Waals surface area (Å²) in [6.45, 7) is 12.5. The lowest BCUT2D eigenvalue weighted by atomic mass is 10.2. The number of benzene rings is 1. The Kier molecular flexibility index (Phi) is 5.17. The van der Waals surface area contributed by atoms with Gasteiger partial charge in [-0.25, -0.2) is 9.97 Å². The molecule has 1 fully saturated rings. The van der Waals surface area contributed by atoms with Crippen LogP contribution in [-0.2, 0) is 11.3 Å². The van der Waals surface area contributed by atoms with Crippen molar-refractivity contribution >= 4 is 28.2 Å². The molecule has 7 heteroatoms. The van der Waals surface area contributed by atoms with E-state index in [2.05, 4.69) is 60.4 Å². The molecule has 0 atom stereocenters. The smallest absolute Gasteiger partial charge is 0.160 e. The molecule has 1 saturated heterocycles. The summed E-state index contributed by atoms with van der Waals surface area (Å²) < 4.78 is 7.41. The highest BCUT2D eigenvalue weighted by atomic mass is 16.5. The fourth-order valence-corrected chi connectivity index (χ4v) is 3.54. The molecular formula is C21H28N6O. The Balaban J connectivity index is 1.68. The van der Waals surface area contributed by atoms with Gasteiger partial charge in [0.25, 0.3) is 0 Å². The number of nitrogens with zero attached hydrogens (tertiary/aromatic N) is 5. The minimum Gasteiger partial charge on any atom is -0.378 e. The highest BCUT2D eigenvalue weighted by Crippen LogP contribution is 2.29. The van der Waals surface area contributed by atoms with E-state index in [9.17, 15) is 0 Å². The zero-order chi connectivity index (χ0) is 19.7. The third-order valence-electron chi connectivity index (χ3n) is 5.10. The Labute approximate surface area is 165 Å². The molecule has 0 amide bonds. The number of aromatic nitrogens is 4. The second-order valence-electron chi connectivity index (χ2n) is 7.45. The van der Waals surface area contributed by atoms with Gasteiger partial charge in [0.2, 0.25) is 0 Å². The van der Waals surface area contributed by atoms with E-state index in [-0.39, 0.29) is 5.92 Å². The fourth-order valence-electron chi connectivity index (χ4n) is 3.54. The molecule has 2 aromatic heterocycles. The molecule has 0 spiro atoms. The van der Waals surface area contributed by atoms with Crippen molar-refractivity contribution in [2.24, 2.45) is 0 Å². The summed E-state index contributed by atoms with van der Waals surface area (Å²) in [5, 5.41) is 8.15. The minimum absolute atomic E-state index is 0.248. The minimum atomic E-state index is 0.248. The molecule has 148 valence electrons. The topological polar surface area (TPSA) is 68.1 Å². The summed E-state index contributed by atoms with van der Waals surface area (Å²) >= 11 is 0. The van der Waals surface area contributed by atoms with E-state index in [0.717, 1.165) is 66.9 Å². The van der Waals surface area contributed by atoms with Gasteiger partial charge in [0.1, 0.15) is 16.9 Å². The van der Waals surface area contributed by atoms with Crippen LogP contribution in [0.25, 0.3) is 11.0 Å². The first-order valence-electron chi connectivity index (χ1n) is 10.0. The van der Waals surface area contributed by atoms with Crippen molar-refractivity contribution in [1.29, 1.82) is 0 Å². The van der Waals surface area contributed by atoms with Crippen molar-refractivity contribution in [2.75, 3.05) is 36.5 Å². The molecule has 1 aliphatic heterocycles. The summed E-state index contributed by atoms with van der Waals surface area (Å²) in [4.78, 5) is 11.9. The van der Waals surface area contributed by atoms with Crippen LogP contribution in [0, 0.1) is 6.92 Å². The first-order chi connectivity index (χ1) is 13.6. The second kappa shape index (κ2) is 7.75. The van der Waals surface area contributed by atoms with Crippen molar-refractivity contribution in [1.82, 2.24) is 19.7 Å². The molecule has 0 unspecified atom stereocenters. The number of morpholine rings is 1. The molecular weight excluding hydrogens is 352 g/mol. The third kappa shape index (κ3) is 3.54. The van der Waals surface area contributed by atoms with Crippen LogP contribution in [0.4, 0.5) is 17.2 Å². The number of hydrogen-bond donors (Lipinski definition) is 1. The molecule has 1 N–H and O–H groups in total. The van der Waals surface area contributed by atoms with Gasteiger partial charge >= 0.3 is 0 Å². The molecule has 0 radical (unpaired) electrons. The zero-order valence-corrected chi connectivity index (χ0v) is 17.1. The number of ether oxygens (including phenoxy) is 1. The highest BCUT2D eigenvalue weighted by molar-refractivity contribution is 5.89. The van der Waals surface area contributed by atoms with Gasteiger partial charge in [-0.3, -0.25) is 4.68 Å². The number of rotatable bonds is 5. The lowest BCUT2D eigenvalue weighted by Crippen LogP contribution is -2.36. The fraction of sp³-hybridized carbons (Fsp3) is 0.476. The van der Waals surface area contributed by atoms with Gasteiger partial charge < -0.3 is 15.0 Å². The molecule has 1 aliphatic rings. The number of aryl methyl sites for hydroxylation is 2.